The number of esters is 4. The summed E-state index contributed by atoms with van der Waals surface area (Å²) in [6.45, 7) is -3.77. The summed E-state index contributed by atoms with van der Waals surface area (Å²) < 4.78 is 56.1. The van der Waals surface area contributed by atoms with E-state index in [0.717, 1.165) is 0 Å². The van der Waals surface area contributed by atoms with Gasteiger partial charge in [-0.1, -0.05) is 24.3 Å². The molecule has 0 saturated carbocycles. The highest BCUT2D eigenvalue weighted by Gasteiger charge is 2.52. The molecule has 0 bridgehead atoms. The molecule has 2 amide bonds. The molecule has 1 saturated heterocycles. The van der Waals surface area contributed by atoms with E-state index in [9.17, 15) is 24.0 Å². The van der Waals surface area contributed by atoms with Crippen LogP contribution in [0.25, 0.3) is 0 Å². The average molecular weight is 497 g/mol. The fourth-order valence-corrected chi connectivity index (χ4v) is 3.29. The van der Waals surface area contributed by atoms with Gasteiger partial charge in [-0.3, -0.25) is 19.2 Å². The number of urea groups is 1. The van der Waals surface area contributed by atoms with Crippen molar-refractivity contribution in [3.05, 3.63) is 35.4 Å². The Morgan fingerprint density at radius 2 is 1.51 bits per heavy atom. The maximum Gasteiger partial charge on any atom is 0.332 e. The third-order valence-electron chi connectivity index (χ3n) is 4.50. The topological polar surface area (TPSA) is 182 Å². The number of ether oxygens (including phenoxy) is 5. The quantitative estimate of drug-likeness (QED) is 0.222. The van der Waals surface area contributed by atoms with Crippen LogP contribution in [0.1, 0.15) is 50.3 Å². The molecule has 0 aromatic heterocycles. The van der Waals surface area contributed by atoms with Gasteiger partial charge >= 0.3 is 29.9 Å². The molecule has 35 heavy (non-hydrogen) atoms. The molecule has 13 nitrogen and oxygen atoms in total. The molecular weight excluding hydrogens is 466 g/mol. The summed E-state index contributed by atoms with van der Waals surface area (Å²) in [5.74, 6) is -4.11. The predicted molar refractivity (Wildman–Crippen MR) is 118 cm³/mol. The van der Waals surface area contributed by atoms with E-state index in [-0.39, 0.29) is 0 Å². The number of nitrogens with one attached hydrogen (secondary N) is 1. The Hall–Kier alpha value is -4.00. The van der Waals surface area contributed by atoms with E-state index in [2.05, 4.69) is 5.10 Å². The second-order valence-corrected chi connectivity index (χ2v) is 7.04. The van der Waals surface area contributed by atoms with Crippen LogP contribution in [0.2, 0.25) is 0 Å². The number of amides is 2. The molecule has 2 rings (SSSR count). The molecule has 1 unspecified atom stereocenters. The van der Waals surface area contributed by atoms with E-state index >= 15 is 0 Å². The summed E-state index contributed by atoms with van der Waals surface area (Å²) in [5.41, 5.74) is 7.82. The highest BCUT2D eigenvalue weighted by Crippen LogP contribution is 2.37. The van der Waals surface area contributed by atoms with E-state index in [1.165, 1.54) is 18.3 Å². The van der Waals surface area contributed by atoms with Crippen molar-refractivity contribution in [2.45, 2.75) is 58.1 Å². The van der Waals surface area contributed by atoms with E-state index < -0.39 is 94.6 Å². The van der Waals surface area contributed by atoms with Gasteiger partial charge in [0.15, 0.2) is 18.3 Å². The monoisotopic (exact) mass is 497 g/mol. The molecule has 1 aliphatic heterocycles. The minimum absolute atomic E-state index is 0.340. The SMILES string of the molecule is [2H]CC(=O)OC[C@H]1OC(c2ccc(C=NNC(N)=O)cc2)[C@H](OC(=O)C[2H])[C@H](OC(=O)C[2H])[C@@H]1OC(=O)C[2H]. The van der Waals surface area contributed by atoms with Crippen LogP contribution in [0.5, 0.6) is 0 Å². The van der Waals surface area contributed by atoms with Gasteiger partial charge in [0.05, 0.1) is 6.21 Å². The number of benzene rings is 1. The number of primary amides is 1. The maximum absolute atomic E-state index is 12.2. The molecule has 0 aliphatic carbocycles. The van der Waals surface area contributed by atoms with Crippen LogP contribution in [0.15, 0.2) is 29.4 Å². The van der Waals surface area contributed by atoms with E-state index in [4.69, 9.17) is 34.9 Å². The first-order valence-corrected chi connectivity index (χ1v) is 9.88. The van der Waals surface area contributed by atoms with E-state index in [1.54, 1.807) is 12.1 Å². The molecule has 0 radical (unpaired) electrons. The van der Waals surface area contributed by atoms with Crippen molar-refractivity contribution in [2.24, 2.45) is 10.8 Å². The molecule has 190 valence electrons. The van der Waals surface area contributed by atoms with Gasteiger partial charge in [0.25, 0.3) is 0 Å². The first kappa shape index (κ1) is 21.5. The van der Waals surface area contributed by atoms with Crippen molar-refractivity contribution in [3.63, 3.8) is 0 Å². The number of carbonyl (C=O) groups excluding carboxylic acids is 5. The summed E-state index contributed by atoms with van der Waals surface area (Å²) in [6, 6.07) is 5.25. The first-order chi connectivity index (χ1) is 18.6. The fraction of sp³-hybridized carbons (Fsp3) is 0.455. The smallest absolute Gasteiger partial charge is 0.332 e. The lowest BCUT2D eigenvalue weighted by molar-refractivity contribution is -0.254. The third kappa shape index (κ3) is 8.37. The molecule has 5 atom stereocenters. The summed E-state index contributed by atoms with van der Waals surface area (Å²) >= 11 is 0. The fourth-order valence-electron chi connectivity index (χ4n) is 3.29. The minimum Gasteiger partial charge on any atom is -0.463 e. The zero-order valence-corrected chi connectivity index (χ0v) is 18.4. The lowest BCUT2D eigenvalue weighted by atomic mass is 9.90. The van der Waals surface area contributed by atoms with Crippen molar-refractivity contribution < 1.29 is 53.1 Å². The molecular formula is C22H27N3O10. The standard InChI is InChI=1S/C22H27N3O10/c1-11(26)31-10-17-19(32-12(2)27)21(34-14(4)29)20(33-13(3)28)18(35-17)16-7-5-15(6-8-16)9-24-25-22(23)30/h5-9,17-21H,10H2,1-4H3,(H3,23,25,30)/t17-,18?,19-,20+,21-/m1/s1/i1D,2D,3D,4D. The Kier molecular flexibility index (Phi) is 7.66. The molecule has 1 aromatic carbocycles. The largest absolute Gasteiger partial charge is 0.463 e. The van der Waals surface area contributed by atoms with Crippen LogP contribution in [0, 0.1) is 0 Å². The minimum atomic E-state index is -1.59. The summed E-state index contributed by atoms with van der Waals surface area (Å²) in [5, 5.41) is 3.64. The third-order valence-corrected chi connectivity index (χ3v) is 4.50. The Morgan fingerprint density at radius 1 is 0.943 bits per heavy atom. The molecule has 1 heterocycles. The van der Waals surface area contributed by atoms with Crippen molar-refractivity contribution in [1.29, 1.82) is 0 Å². The highest BCUT2D eigenvalue weighted by atomic mass is 16.7. The second-order valence-electron chi connectivity index (χ2n) is 7.04. The van der Waals surface area contributed by atoms with Gasteiger partial charge in [-0.05, 0) is 11.1 Å². The lowest BCUT2D eigenvalue weighted by Gasteiger charge is -2.44. The molecule has 3 N–H and O–H groups in total. The molecule has 1 aromatic rings. The number of hydrogen-bond donors (Lipinski definition) is 2. The number of rotatable bonds is 8. The van der Waals surface area contributed by atoms with Crippen LogP contribution < -0.4 is 11.2 Å². The van der Waals surface area contributed by atoms with Crippen molar-refractivity contribution in [3.8, 4) is 0 Å². The van der Waals surface area contributed by atoms with E-state index in [1.807, 2.05) is 5.43 Å². The van der Waals surface area contributed by atoms with Crippen molar-refractivity contribution in [2.75, 3.05) is 6.61 Å². The lowest BCUT2D eigenvalue weighted by Crippen LogP contribution is -2.59. The van der Waals surface area contributed by atoms with Gasteiger partial charge in [-0.15, -0.1) is 0 Å². The number of hydrogen-bond acceptors (Lipinski definition) is 11. The van der Waals surface area contributed by atoms with Gasteiger partial charge in [0.2, 0.25) is 0 Å². The second kappa shape index (κ2) is 12.5. The maximum atomic E-state index is 12.2. The molecule has 13 heteroatoms. The van der Waals surface area contributed by atoms with E-state index in [0.29, 0.717) is 11.1 Å². The zero-order chi connectivity index (χ0) is 28.9. The van der Waals surface area contributed by atoms with Crippen LogP contribution in [-0.4, -0.2) is 67.1 Å². The van der Waals surface area contributed by atoms with Gasteiger partial charge < -0.3 is 29.4 Å². The van der Waals surface area contributed by atoms with Crippen LogP contribution in [0.3, 0.4) is 0 Å². The van der Waals surface area contributed by atoms with Gasteiger partial charge in [0, 0.05) is 33.1 Å². The van der Waals surface area contributed by atoms with Gasteiger partial charge in [0.1, 0.15) is 18.8 Å². The zero-order valence-electron chi connectivity index (χ0n) is 22.4. The molecule has 0 spiro atoms. The predicted octanol–water partition coefficient (Wildman–Crippen LogP) is 0.487. The van der Waals surface area contributed by atoms with Gasteiger partial charge in [-0.25, -0.2) is 10.2 Å². The number of carbonyl (C=O) groups is 5. The normalized spacial score (nSPS) is 25.2. The van der Waals surface area contributed by atoms with Crippen LogP contribution in [0.4, 0.5) is 4.79 Å². The molecule has 1 aliphatic rings. The highest BCUT2D eigenvalue weighted by molar-refractivity contribution is 5.81. The Balaban J connectivity index is 2.54. The van der Waals surface area contributed by atoms with Crippen LogP contribution in [-0.2, 0) is 42.9 Å². The number of nitrogens with zero attached hydrogens (tertiary/aromatic N) is 1. The molecule has 1 fully saturated rings. The van der Waals surface area contributed by atoms with Crippen molar-refractivity contribution >= 4 is 36.1 Å². The Labute approximate surface area is 206 Å². The summed E-state index contributed by atoms with van der Waals surface area (Å²) in [4.78, 5) is 58.8. The average Bonchev–Trinajstić information content (AvgIpc) is 2.93. The van der Waals surface area contributed by atoms with Crippen molar-refractivity contribution in [1.82, 2.24) is 5.43 Å². The summed E-state index contributed by atoms with van der Waals surface area (Å²) in [7, 11) is 0. The number of nitrogens with two attached hydrogens (primary N) is 1. The first-order valence-electron chi connectivity index (χ1n) is 12.7. The van der Waals surface area contributed by atoms with Gasteiger partial charge in [-0.2, -0.15) is 5.10 Å². The summed E-state index contributed by atoms with van der Waals surface area (Å²) in [6.07, 6.45) is -5.91. The Morgan fingerprint density at radius 3 is 2.09 bits per heavy atom. The van der Waals surface area contributed by atoms with Crippen LogP contribution >= 0.6 is 0 Å². The number of hydrazone groups is 1. The Bertz CT molecular complexity index is 1060.